The lowest BCUT2D eigenvalue weighted by atomic mass is 10.1. The molecule has 0 spiro atoms. The van der Waals surface area contributed by atoms with Crippen molar-refractivity contribution < 1.29 is 28.6 Å². The van der Waals surface area contributed by atoms with E-state index in [9.17, 15) is 14.4 Å². The van der Waals surface area contributed by atoms with Crippen molar-refractivity contribution in [2.75, 3.05) is 31.9 Å². The zero-order chi connectivity index (χ0) is 32.1. The molecule has 13 heteroatoms. The van der Waals surface area contributed by atoms with Gasteiger partial charge in [-0.15, -0.1) is 21.5 Å². The number of thioether (sulfide) groups is 1. The highest BCUT2D eigenvalue weighted by Crippen LogP contribution is 2.39. The molecule has 0 aliphatic heterocycles. The predicted octanol–water partition coefficient (Wildman–Crippen LogP) is 5.29. The summed E-state index contributed by atoms with van der Waals surface area (Å²) in [5.41, 5.74) is 4.72. The van der Waals surface area contributed by atoms with E-state index >= 15 is 0 Å². The first-order chi connectivity index (χ1) is 21.7. The van der Waals surface area contributed by atoms with Gasteiger partial charge in [0.25, 0.3) is 5.91 Å². The quantitative estimate of drug-likeness (QED) is 0.155. The third kappa shape index (κ3) is 6.99. The number of hydrogen-bond donors (Lipinski definition) is 2. The van der Waals surface area contributed by atoms with Crippen LogP contribution in [0.3, 0.4) is 0 Å². The van der Waals surface area contributed by atoms with Crippen LogP contribution in [-0.4, -0.2) is 59.1 Å². The van der Waals surface area contributed by atoms with Gasteiger partial charge < -0.3 is 24.8 Å². The molecule has 0 bridgehead atoms. The molecule has 1 aliphatic carbocycles. The van der Waals surface area contributed by atoms with Crippen LogP contribution in [0.25, 0.3) is 5.69 Å². The molecule has 0 unspecified atom stereocenters. The van der Waals surface area contributed by atoms with Crippen LogP contribution in [0, 0.1) is 13.8 Å². The highest BCUT2D eigenvalue weighted by molar-refractivity contribution is 7.99. The highest BCUT2D eigenvalue weighted by Gasteiger charge is 2.28. The number of aryl methyl sites for hydroxylation is 3. The molecule has 45 heavy (non-hydrogen) atoms. The number of nitrogens with zero attached hydrogens (tertiary/aromatic N) is 3. The van der Waals surface area contributed by atoms with Gasteiger partial charge in [-0.25, -0.2) is 4.79 Å². The van der Waals surface area contributed by atoms with E-state index in [1.807, 2.05) is 36.6 Å². The lowest BCUT2D eigenvalue weighted by Crippen LogP contribution is -2.25. The maximum Gasteiger partial charge on any atom is 0.341 e. The number of aromatic nitrogens is 3. The number of carbonyl (C=O) groups is 3. The van der Waals surface area contributed by atoms with E-state index in [1.165, 1.54) is 37.3 Å². The van der Waals surface area contributed by atoms with Crippen LogP contribution < -0.4 is 20.1 Å². The second kappa shape index (κ2) is 14.2. The second-order valence-corrected chi connectivity index (χ2v) is 12.4. The Balaban J connectivity index is 1.35. The van der Waals surface area contributed by atoms with Crippen LogP contribution in [0.1, 0.15) is 61.5 Å². The summed E-state index contributed by atoms with van der Waals surface area (Å²) in [6.07, 6.45) is 2.68. The summed E-state index contributed by atoms with van der Waals surface area (Å²) >= 11 is 2.66. The molecule has 1 aliphatic rings. The molecule has 2 amide bonds. The molecule has 236 valence electrons. The Hall–Kier alpha value is -4.36. The topological polar surface area (TPSA) is 134 Å². The number of ether oxygens (including phenoxy) is 3. The van der Waals surface area contributed by atoms with Crippen molar-refractivity contribution in [3.05, 3.63) is 74.9 Å². The summed E-state index contributed by atoms with van der Waals surface area (Å²) in [5.74, 6) is 0.502. The molecular formula is C32H35N5O6S2. The van der Waals surface area contributed by atoms with Gasteiger partial charge in [-0.1, -0.05) is 23.9 Å². The second-order valence-electron chi connectivity index (χ2n) is 10.4. The smallest absolute Gasteiger partial charge is 0.341 e. The summed E-state index contributed by atoms with van der Waals surface area (Å²) < 4.78 is 17.8. The number of fused-ring (bicyclic) bond motifs is 1. The lowest BCUT2D eigenvalue weighted by Gasteiger charge is -2.14. The number of benzene rings is 2. The Kier molecular flexibility index (Phi) is 10.1. The van der Waals surface area contributed by atoms with E-state index in [1.54, 1.807) is 25.1 Å². The van der Waals surface area contributed by atoms with Gasteiger partial charge in [0, 0.05) is 10.4 Å². The number of hydrogen-bond acceptors (Lipinski definition) is 10. The monoisotopic (exact) mass is 649 g/mol. The fourth-order valence-electron chi connectivity index (χ4n) is 5.15. The maximum absolute atomic E-state index is 13.2. The van der Waals surface area contributed by atoms with Crippen LogP contribution in [0.5, 0.6) is 11.5 Å². The fourth-order valence-corrected chi connectivity index (χ4v) is 7.21. The van der Waals surface area contributed by atoms with Gasteiger partial charge in [-0.05, 0) is 81.0 Å². The number of esters is 1. The van der Waals surface area contributed by atoms with Crippen LogP contribution in [0.4, 0.5) is 5.00 Å². The Morgan fingerprint density at radius 3 is 2.58 bits per heavy atom. The minimum Gasteiger partial charge on any atom is -0.493 e. The van der Waals surface area contributed by atoms with Gasteiger partial charge in [-0.2, -0.15) is 0 Å². The zero-order valence-electron chi connectivity index (χ0n) is 25.8. The van der Waals surface area contributed by atoms with Crippen molar-refractivity contribution in [1.29, 1.82) is 0 Å². The summed E-state index contributed by atoms with van der Waals surface area (Å²) in [5, 5.41) is 15.6. The number of nitrogens with one attached hydrogen (secondary N) is 2. The molecule has 4 aromatic rings. The average Bonchev–Trinajstić information content (AvgIpc) is 3.74. The third-order valence-electron chi connectivity index (χ3n) is 7.34. The third-order valence-corrected chi connectivity index (χ3v) is 9.48. The molecule has 11 nitrogen and oxygen atoms in total. The summed E-state index contributed by atoms with van der Waals surface area (Å²) in [6, 6.07) is 11.0. The van der Waals surface area contributed by atoms with Gasteiger partial charge in [0.1, 0.15) is 5.00 Å². The standard InChI is InChI=1S/C32H35N5O6S2/c1-6-43-31(40)28-21-8-7-9-25(21)45-30(28)34-27(38)17-44-32-36-35-26(37(32)22-14-18(2)10-11-19(22)3)16-33-29(39)20-12-13-23(41-4)24(15-20)42-5/h10-15H,6-9,16-17H2,1-5H3,(H,33,39)(H,34,38). The largest absolute Gasteiger partial charge is 0.493 e. The molecular weight excluding hydrogens is 615 g/mol. The number of rotatable bonds is 12. The molecule has 0 radical (unpaired) electrons. The highest BCUT2D eigenvalue weighted by atomic mass is 32.2. The van der Waals surface area contributed by atoms with Crippen LogP contribution in [0.2, 0.25) is 0 Å². The van der Waals surface area contributed by atoms with E-state index in [0.717, 1.165) is 46.5 Å². The lowest BCUT2D eigenvalue weighted by molar-refractivity contribution is -0.113. The Morgan fingerprint density at radius 1 is 1.02 bits per heavy atom. The van der Waals surface area contributed by atoms with Gasteiger partial charge >= 0.3 is 5.97 Å². The molecule has 0 saturated carbocycles. The van der Waals surface area contributed by atoms with E-state index in [4.69, 9.17) is 14.2 Å². The van der Waals surface area contributed by atoms with Crippen molar-refractivity contribution in [3.8, 4) is 17.2 Å². The van der Waals surface area contributed by atoms with E-state index in [0.29, 0.717) is 38.6 Å². The van der Waals surface area contributed by atoms with Gasteiger partial charge in [0.2, 0.25) is 5.91 Å². The first kappa shape index (κ1) is 32.0. The van der Waals surface area contributed by atoms with Gasteiger partial charge in [0.15, 0.2) is 22.5 Å². The molecule has 2 aromatic carbocycles. The minimum absolute atomic E-state index is 0.0336. The van der Waals surface area contributed by atoms with E-state index < -0.39 is 5.97 Å². The van der Waals surface area contributed by atoms with Crippen molar-refractivity contribution in [2.24, 2.45) is 0 Å². The molecule has 0 saturated heterocycles. The summed E-state index contributed by atoms with van der Waals surface area (Å²) in [6.45, 7) is 6.09. The van der Waals surface area contributed by atoms with Crippen molar-refractivity contribution in [2.45, 2.75) is 51.7 Å². The van der Waals surface area contributed by atoms with E-state index in [2.05, 4.69) is 20.8 Å². The van der Waals surface area contributed by atoms with Crippen molar-refractivity contribution in [1.82, 2.24) is 20.1 Å². The molecule has 2 aromatic heterocycles. The fraction of sp³-hybridized carbons (Fsp3) is 0.344. The van der Waals surface area contributed by atoms with Gasteiger partial charge in [-0.3, -0.25) is 14.2 Å². The molecule has 5 rings (SSSR count). The van der Waals surface area contributed by atoms with Crippen molar-refractivity contribution in [3.63, 3.8) is 0 Å². The predicted molar refractivity (Wildman–Crippen MR) is 173 cm³/mol. The number of thiophene rings is 1. The SMILES string of the molecule is CCOC(=O)c1c(NC(=O)CSc2nnc(CNC(=O)c3ccc(OC)c(OC)c3)n2-c2cc(C)ccc2C)sc2c1CCC2. The molecule has 0 fully saturated rings. The normalized spacial score (nSPS) is 12.0. The Morgan fingerprint density at radius 2 is 1.82 bits per heavy atom. The molecule has 2 N–H and O–H groups in total. The van der Waals surface area contributed by atoms with Crippen LogP contribution in [0.15, 0.2) is 41.6 Å². The first-order valence-corrected chi connectivity index (χ1v) is 16.3. The average molecular weight is 650 g/mol. The number of amides is 2. The Bertz CT molecular complexity index is 1750. The molecule has 0 atom stereocenters. The first-order valence-electron chi connectivity index (χ1n) is 14.5. The van der Waals surface area contributed by atoms with E-state index in [-0.39, 0.29) is 30.7 Å². The number of carbonyl (C=O) groups excluding carboxylic acids is 3. The molecule has 2 heterocycles. The number of anilines is 1. The minimum atomic E-state index is -0.408. The summed E-state index contributed by atoms with van der Waals surface area (Å²) in [4.78, 5) is 40.1. The number of methoxy groups -OCH3 is 2. The van der Waals surface area contributed by atoms with Crippen molar-refractivity contribution >= 4 is 45.9 Å². The zero-order valence-corrected chi connectivity index (χ0v) is 27.4. The Labute approximate surface area is 269 Å². The van der Waals surface area contributed by atoms with Gasteiger partial charge in [0.05, 0.1) is 44.4 Å². The summed E-state index contributed by atoms with van der Waals surface area (Å²) in [7, 11) is 3.04. The van der Waals surface area contributed by atoms with Crippen LogP contribution in [-0.2, 0) is 28.9 Å². The maximum atomic E-state index is 13.2. The van der Waals surface area contributed by atoms with Crippen LogP contribution >= 0.6 is 23.1 Å².